The quantitative estimate of drug-likeness (QED) is 0.168. The molecule has 9 aromatic carbocycles. The average molecular weight is 678 g/mol. The Morgan fingerprint density at radius 3 is 1.66 bits per heavy atom. The zero-order chi connectivity index (χ0) is 35.6. The molecule has 0 spiro atoms. The van der Waals surface area contributed by atoms with Gasteiger partial charge in [0.25, 0.3) is 0 Å². The van der Waals surface area contributed by atoms with Crippen molar-refractivity contribution < 1.29 is 0 Å². The normalized spacial score (nSPS) is 14.7. The van der Waals surface area contributed by atoms with E-state index in [1.807, 2.05) is 0 Å². The van der Waals surface area contributed by atoms with Crippen molar-refractivity contribution in [3.63, 3.8) is 0 Å². The molecule has 0 fully saturated rings. The van der Waals surface area contributed by atoms with Crippen LogP contribution in [0.3, 0.4) is 0 Å². The summed E-state index contributed by atoms with van der Waals surface area (Å²) in [5.74, 6) is 0. The Bertz CT molecular complexity index is 3000. The highest BCUT2D eigenvalue weighted by atomic mass is 15.1. The Morgan fingerprint density at radius 2 is 0.925 bits per heavy atom. The molecular formula is C52H39N. The summed E-state index contributed by atoms with van der Waals surface area (Å²) < 4.78 is 0. The lowest BCUT2D eigenvalue weighted by molar-refractivity contribution is 0.661. The van der Waals surface area contributed by atoms with E-state index in [1.165, 1.54) is 99.0 Å². The van der Waals surface area contributed by atoms with E-state index in [4.69, 9.17) is 0 Å². The summed E-state index contributed by atoms with van der Waals surface area (Å²) in [6.07, 6.45) is 0. The summed E-state index contributed by atoms with van der Waals surface area (Å²) in [4.78, 5) is 2.51. The molecule has 0 amide bonds. The molecule has 0 N–H and O–H groups in total. The number of para-hydroxylation sites is 1. The summed E-state index contributed by atoms with van der Waals surface area (Å²) in [6, 6.07) is 61.3. The molecule has 0 heterocycles. The third kappa shape index (κ3) is 4.03. The number of anilines is 3. The maximum atomic E-state index is 2.51. The molecule has 11 rings (SSSR count). The zero-order valence-corrected chi connectivity index (χ0v) is 30.5. The van der Waals surface area contributed by atoms with Gasteiger partial charge in [-0.1, -0.05) is 161 Å². The van der Waals surface area contributed by atoms with Crippen LogP contribution in [-0.2, 0) is 10.8 Å². The smallest absolute Gasteiger partial charge is 0.0543 e. The van der Waals surface area contributed by atoms with Crippen LogP contribution >= 0.6 is 0 Å². The van der Waals surface area contributed by atoms with Crippen LogP contribution < -0.4 is 4.90 Å². The molecular weight excluding hydrogens is 639 g/mol. The van der Waals surface area contributed by atoms with Gasteiger partial charge in [0.1, 0.15) is 0 Å². The molecule has 2 aliphatic rings. The first-order chi connectivity index (χ1) is 25.8. The predicted molar refractivity (Wildman–Crippen MR) is 226 cm³/mol. The Balaban J connectivity index is 1.19. The number of nitrogens with zero attached hydrogens (tertiary/aromatic N) is 1. The van der Waals surface area contributed by atoms with Gasteiger partial charge in [-0.25, -0.2) is 0 Å². The van der Waals surface area contributed by atoms with E-state index < -0.39 is 0 Å². The fourth-order valence-corrected chi connectivity index (χ4v) is 10.1. The molecule has 0 atom stereocenters. The maximum Gasteiger partial charge on any atom is 0.0543 e. The van der Waals surface area contributed by atoms with Gasteiger partial charge in [0.2, 0.25) is 0 Å². The van der Waals surface area contributed by atoms with E-state index in [-0.39, 0.29) is 10.8 Å². The van der Waals surface area contributed by atoms with Crippen LogP contribution in [0.4, 0.5) is 17.1 Å². The lowest BCUT2D eigenvalue weighted by atomic mass is 9.79. The number of benzene rings is 9. The average Bonchev–Trinajstić information content (AvgIpc) is 3.58. The zero-order valence-electron chi connectivity index (χ0n) is 30.5. The van der Waals surface area contributed by atoms with Gasteiger partial charge in [-0.15, -0.1) is 0 Å². The second-order valence-electron chi connectivity index (χ2n) is 16.1. The summed E-state index contributed by atoms with van der Waals surface area (Å²) in [6.45, 7) is 9.65. The highest BCUT2D eigenvalue weighted by Crippen LogP contribution is 2.58. The van der Waals surface area contributed by atoms with Gasteiger partial charge in [-0.05, 0) is 113 Å². The highest BCUT2D eigenvalue weighted by Gasteiger charge is 2.41. The minimum absolute atomic E-state index is 0.167. The van der Waals surface area contributed by atoms with Gasteiger partial charge < -0.3 is 4.90 Å². The monoisotopic (exact) mass is 677 g/mol. The Kier molecular flexibility index (Phi) is 6.14. The van der Waals surface area contributed by atoms with Gasteiger partial charge >= 0.3 is 0 Å². The van der Waals surface area contributed by atoms with Crippen molar-refractivity contribution in [2.24, 2.45) is 0 Å². The third-order valence-electron chi connectivity index (χ3n) is 12.6. The second kappa shape index (κ2) is 10.7. The molecule has 0 radical (unpaired) electrons. The van der Waals surface area contributed by atoms with Crippen molar-refractivity contribution >= 4 is 60.2 Å². The van der Waals surface area contributed by atoms with Crippen LogP contribution in [0.25, 0.3) is 65.3 Å². The van der Waals surface area contributed by atoms with E-state index >= 15 is 0 Å². The lowest BCUT2D eigenvalue weighted by Gasteiger charge is -2.31. The maximum absolute atomic E-state index is 2.51. The molecule has 0 aromatic heterocycles. The molecule has 1 heteroatoms. The summed E-state index contributed by atoms with van der Waals surface area (Å²) in [5.41, 5.74) is 14.2. The molecule has 0 aliphatic heterocycles. The van der Waals surface area contributed by atoms with E-state index in [1.54, 1.807) is 0 Å². The van der Waals surface area contributed by atoms with Crippen LogP contribution in [0.1, 0.15) is 49.9 Å². The molecule has 0 saturated heterocycles. The Hall–Kier alpha value is -6.18. The van der Waals surface area contributed by atoms with Gasteiger partial charge in [0.15, 0.2) is 0 Å². The van der Waals surface area contributed by atoms with Crippen molar-refractivity contribution in [1.82, 2.24) is 0 Å². The molecule has 0 unspecified atom stereocenters. The topological polar surface area (TPSA) is 3.24 Å². The van der Waals surface area contributed by atoms with Crippen LogP contribution in [0.2, 0.25) is 0 Å². The summed E-state index contributed by atoms with van der Waals surface area (Å²) in [5, 5.41) is 10.5. The standard InChI is InChI=1S/C52H39N/c1-51(2)43-29-26-32-16-8-9-19-35(32)48(43)49-40-24-14-12-22-38(40)46(31-45(49)51)53(33-17-6-5-7-18-33)34-27-28-42-44(30-34)52(3,4)50-41-25-15-11-21-37(41)36-20-10-13-23-39(36)47(42)50/h5-31H,1-4H3. The number of rotatable bonds is 3. The van der Waals surface area contributed by atoms with Crippen LogP contribution in [0, 0.1) is 0 Å². The molecule has 252 valence electrons. The van der Waals surface area contributed by atoms with Crippen molar-refractivity contribution in [1.29, 1.82) is 0 Å². The molecule has 2 aliphatic carbocycles. The minimum Gasteiger partial charge on any atom is -0.310 e. The number of hydrogen-bond donors (Lipinski definition) is 0. The summed E-state index contributed by atoms with van der Waals surface area (Å²) in [7, 11) is 0. The van der Waals surface area contributed by atoms with Crippen LogP contribution in [0.5, 0.6) is 0 Å². The molecule has 9 aromatic rings. The lowest BCUT2D eigenvalue weighted by Crippen LogP contribution is -2.18. The van der Waals surface area contributed by atoms with Gasteiger partial charge in [-0.3, -0.25) is 0 Å². The fourth-order valence-electron chi connectivity index (χ4n) is 10.1. The summed E-state index contributed by atoms with van der Waals surface area (Å²) >= 11 is 0. The third-order valence-corrected chi connectivity index (χ3v) is 12.6. The van der Waals surface area contributed by atoms with Gasteiger partial charge in [-0.2, -0.15) is 0 Å². The van der Waals surface area contributed by atoms with Gasteiger partial charge in [0.05, 0.1) is 5.69 Å². The molecule has 1 nitrogen and oxygen atoms in total. The Labute approximate surface area is 310 Å². The van der Waals surface area contributed by atoms with Crippen molar-refractivity contribution in [3.05, 3.63) is 186 Å². The first-order valence-electron chi connectivity index (χ1n) is 18.9. The molecule has 0 saturated carbocycles. The van der Waals surface area contributed by atoms with E-state index in [0.29, 0.717) is 0 Å². The van der Waals surface area contributed by atoms with Crippen molar-refractivity contribution in [2.75, 3.05) is 4.90 Å². The molecule has 0 bridgehead atoms. The largest absolute Gasteiger partial charge is 0.310 e. The SMILES string of the molecule is CC1(C)c2ccc3ccccc3c2-c2c1cc(N(c1ccccc1)c1ccc3c(c1)C(C)(C)c1c-3c3ccccc3c3ccccc13)c1ccccc21. The second-order valence-corrected chi connectivity index (χ2v) is 16.1. The van der Waals surface area contributed by atoms with Crippen molar-refractivity contribution in [2.45, 2.75) is 38.5 Å². The Morgan fingerprint density at radius 1 is 0.358 bits per heavy atom. The molecule has 53 heavy (non-hydrogen) atoms. The fraction of sp³-hybridized carbons (Fsp3) is 0.115. The first-order valence-corrected chi connectivity index (χ1v) is 18.9. The number of fused-ring (bicyclic) bond motifs is 15. The first kappa shape index (κ1) is 30.4. The van der Waals surface area contributed by atoms with E-state index in [2.05, 4.69) is 196 Å². The van der Waals surface area contributed by atoms with Gasteiger partial charge in [0, 0.05) is 27.6 Å². The van der Waals surface area contributed by atoms with Crippen LogP contribution in [0.15, 0.2) is 164 Å². The number of hydrogen-bond acceptors (Lipinski definition) is 1. The predicted octanol–water partition coefficient (Wildman–Crippen LogP) is 14.4. The van der Waals surface area contributed by atoms with Crippen molar-refractivity contribution in [3.8, 4) is 22.3 Å². The minimum atomic E-state index is -0.197. The van der Waals surface area contributed by atoms with E-state index in [9.17, 15) is 0 Å². The van der Waals surface area contributed by atoms with Crippen LogP contribution in [-0.4, -0.2) is 0 Å². The van der Waals surface area contributed by atoms with E-state index in [0.717, 1.165) is 5.69 Å². The highest BCUT2D eigenvalue weighted by molar-refractivity contribution is 6.19.